The van der Waals surface area contributed by atoms with E-state index in [0.29, 0.717) is 36.8 Å². The molecule has 0 spiro atoms. The molecule has 4 aliphatic rings. The molecule has 58 heavy (non-hydrogen) atoms. The Morgan fingerprint density at radius 3 is 2.41 bits per heavy atom. The predicted octanol–water partition coefficient (Wildman–Crippen LogP) is 5.23. The van der Waals surface area contributed by atoms with Crippen LogP contribution in [0.15, 0.2) is 36.5 Å². The highest BCUT2D eigenvalue weighted by Gasteiger charge is 2.71. The van der Waals surface area contributed by atoms with Gasteiger partial charge in [-0.15, -0.1) is 0 Å². The predicted molar refractivity (Wildman–Crippen MR) is 208 cm³/mol. The number of amides is 4. The smallest absolute Gasteiger partial charge is 0.408 e. The van der Waals surface area contributed by atoms with Gasteiger partial charge in [-0.25, -0.2) is 18.2 Å². The van der Waals surface area contributed by atoms with Gasteiger partial charge in [-0.2, -0.15) is 8.78 Å². The molecule has 15 nitrogen and oxygen atoms in total. The van der Waals surface area contributed by atoms with Crippen molar-refractivity contribution in [3.63, 3.8) is 0 Å². The number of aromatic nitrogens is 1. The molecule has 3 heterocycles. The highest BCUT2D eigenvalue weighted by molar-refractivity contribution is 7.91. The first-order valence-electron chi connectivity index (χ1n) is 19.7. The van der Waals surface area contributed by atoms with Crippen molar-refractivity contribution in [2.75, 3.05) is 14.2 Å². The highest BCUT2D eigenvalue weighted by atomic mass is 32.2. The van der Waals surface area contributed by atoms with Crippen molar-refractivity contribution in [2.45, 2.75) is 127 Å². The second-order valence-corrected chi connectivity index (χ2v) is 18.5. The molecule has 1 aromatic heterocycles. The summed E-state index contributed by atoms with van der Waals surface area (Å²) in [7, 11) is -1.23. The molecular weight excluding hydrogens is 781 g/mol. The topological polar surface area (TPSA) is 194 Å². The zero-order chi connectivity index (χ0) is 42.5. The van der Waals surface area contributed by atoms with Crippen molar-refractivity contribution < 1.29 is 55.7 Å². The number of alkyl halides is 2. The molecule has 8 atom stereocenters. The standard InChI is InChI=1S/C40H53F2N5O10S/c1-8-24(4)46(37(51)52)32-23(3)17-22(2)11-9-10-12-26-20-39(26,36(50)45-58(53,54)27-13-14-27)44-33(48)29-21-38(5,40(41,42)47(29)35(32)49)57-34-28-19-31(56-7)30(55-6)18-25(28)15-16-43-34/h10,12,15-16,18-19,22-24,26-27,29,32H,8-9,11,13-14,17,20-21H2,1-7H3,(H,44,48)(H,45,50)(H,51,52)/b12-10-/t22-,23+,24?,26+,29-,32-,38+,39+/m0/s1. The number of sulfonamides is 1. The fraction of sp³-hybridized carbons (Fsp3) is 0.625. The lowest BCUT2D eigenvalue weighted by atomic mass is 9.86. The summed E-state index contributed by atoms with van der Waals surface area (Å²) in [6.07, 6.45) is 4.92. The monoisotopic (exact) mass is 833 g/mol. The van der Waals surface area contributed by atoms with Crippen LogP contribution in [0.5, 0.6) is 17.4 Å². The zero-order valence-corrected chi connectivity index (χ0v) is 34.6. The summed E-state index contributed by atoms with van der Waals surface area (Å²) in [5.74, 6) is -4.70. The number of nitrogens with zero attached hydrogens (tertiary/aromatic N) is 3. The summed E-state index contributed by atoms with van der Waals surface area (Å²) in [6, 6.07) is -4.03. The Hall–Kier alpha value is -4.74. The van der Waals surface area contributed by atoms with Crippen LogP contribution in [0, 0.1) is 17.8 Å². The van der Waals surface area contributed by atoms with E-state index in [1.54, 1.807) is 39.0 Å². The van der Waals surface area contributed by atoms with E-state index >= 15 is 13.6 Å². The third-order valence-electron chi connectivity index (χ3n) is 12.2. The Balaban J connectivity index is 1.48. The molecule has 1 saturated heterocycles. The Morgan fingerprint density at radius 1 is 1.12 bits per heavy atom. The molecule has 1 unspecified atom stereocenters. The van der Waals surface area contributed by atoms with Crippen molar-refractivity contribution in [2.24, 2.45) is 17.8 Å². The molecule has 2 saturated carbocycles. The van der Waals surface area contributed by atoms with Crippen LogP contribution < -0.4 is 24.2 Å². The number of hydrogen-bond acceptors (Lipinski definition) is 10. The van der Waals surface area contributed by atoms with E-state index in [4.69, 9.17) is 14.2 Å². The van der Waals surface area contributed by atoms with E-state index < -0.39 is 92.7 Å². The molecule has 4 amide bonds. The lowest BCUT2D eigenvalue weighted by Crippen LogP contribution is -2.64. The average Bonchev–Trinajstić information content (AvgIpc) is 4.09. The third-order valence-corrected chi connectivity index (χ3v) is 14.1. The number of fused-ring (bicyclic) bond motifs is 3. The van der Waals surface area contributed by atoms with Crippen molar-refractivity contribution in [3.05, 3.63) is 36.5 Å². The zero-order valence-electron chi connectivity index (χ0n) is 33.8. The summed E-state index contributed by atoms with van der Waals surface area (Å²) < 4.78 is 80.2. The molecule has 0 radical (unpaired) electrons. The maximum atomic E-state index is 17.6. The van der Waals surface area contributed by atoms with Crippen LogP contribution in [0.4, 0.5) is 13.6 Å². The normalized spacial score (nSPS) is 31.1. The second kappa shape index (κ2) is 15.8. The van der Waals surface area contributed by atoms with Gasteiger partial charge in [-0.05, 0) is 94.2 Å². The van der Waals surface area contributed by atoms with Crippen LogP contribution in [0.1, 0.15) is 86.0 Å². The molecule has 2 aromatic rings. The van der Waals surface area contributed by atoms with Crippen molar-refractivity contribution >= 4 is 44.6 Å². The number of carbonyl (C=O) groups is 4. The molecule has 3 fully saturated rings. The van der Waals surface area contributed by atoms with Gasteiger partial charge in [0.1, 0.15) is 17.6 Å². The number of benzene rings is 1. The molecule has 18 heteroatoms. The first kappa shape index (κ1) is 42.9. The summed E-state index contributed by atoms with van der Waals surface area (Å²) >= 11 is 0. The van der Waals surface area contributed by atoms with Gasteiger partial charge in [0.05, 0.1) is 19.5 Å². The van der Waals surface area contributed by atoms with Gasteiger partial charge in [-0.3, -0.25) is 28.9 Å². The van der Waals surface area contributed by atoms with Gasteiger partial charge >= 0.3 is 12.1 Å². The Morgan fingerprint density at radius 2 is 1.79 bits per heavy atom. The summed E-state index contributed by atoms with van der Waals surface area (Å²) in [5.41, 5.74) is -4.49. The number of carboxylic acid groups (broad SMARTS) is 1. The molecule has 2 aliphatic carbocycles. The van der Waals surface area contributed by atoms with Crippen LogP contribution in [0.2, 0.25) is 0 Å². The van der Waals surface area contributed by atoms with Crippen molar-refractivity contribution in [3.8, 4) is 17.4 Å². The van der Waals surface area contributed by atoms with Gasteiger partial charge in [0, 0.05) is 30.0 Å². The van der Waals surface area contributed by atoms with E-state index in [-0.39, 0.29) is 47.1 Å². The SMILES string of the molecule is CCC(C)N(C(=O)O)[C@@H]1C(=O)N2[C@@H](C[C@@](C)(Oc3nccc4cc(OC)c(OC)cc34)C2(F)F)C(=O)N[C@]2(C(=O)NS(=O)(=O)C3CC3)C[C@H]2/C=C\CC[C@H](C)C[C@H]1C. The summed E-state index contributed by atoms with van der Waals surface area (Å²) in [6.45, 7) is 7.89. The number of methoxy groups -OCH3 is 2. The van der Waals surface area contributed by atoms with E-state index in [0.717, 1.165) is 11.8 Å². The van der Waals surface area contributed by atoms with Crippen molar-refractivity contribution in [1.82, 2.24) is 24.8 Å². The molecule has 3 N–H and O–H groups in total. The minimum atomic E-state index is -4.29. The fourth-order valence-corrected chi connectivity index (χ4v) is 9.82. The van der Waals surface area contributed by atoms with Crippen LogP contribution in [-0.2, 0) is 24.4 Å². The Labute approximate surface area is 336 Å². The minimum absolute atomic E-state index is 0.0205. The number of halogens is 2. The lowest BCUT2D eigenvalue weighted by Gasteiger charge is -2.42. The van der Waals surface area contributed by atoms with Crippen LogP contribution >= 0.6 is 0 Å². The number of pyridine rings is 1. The number of carbonyl (C=O) groups excluding carboxylic acids is 3. The molecule has 2 aliphatic heterocycles. The Bertz CT molecular complexity index is 2100. The maximum Gasteiger partial charge on any atom is 0.408 e. The van der Waals surface area contributed by atoms with Gasteiger partial charge < -0.3 is 24.6 Å². The largest absolute Gasteiger partial charge is 0.493 e. The number of rotatable bonds is 10. The van der Waals surface area contributed by atoms with Crippen LogP contribution in [-0.4, -0.2) is 107 Å². The summed E-state index contributed by atoms with van der Waals surface area (Å²) in [4.78, 5) is 61.8. The minimum Gasteiger partial charge on any atom is -0.493 e. The van der Waals surface area contributed by atoms with E-state index in [9.17, 15) is 27.9 Å². The lowest BCUT2D eigenvalue weighted by molar-refractivity contribution is -0.219. The molecular formula is C40H53F2N5O10S. The molecule has 318 valence electrons. The van der Waals surface area contributed by atoms with Gasteiger partial charge in [-0.1, -0.05) is 32.9 Å². The molecule has 0 bridgehead atoms. The third kappa shape index (κ3) is 7.75. The first-order chi connectivity index (χ1) is 27.2. The number of allylic oxidation sites excluding steroid dienone is 1. The molecule has 1 aromatic carbocycles. The van der Waals surface area contributed by atoms with Gasteiger partial charge in [0.2, 0.25) is 21.8 Å². The quantitative estimate of drug-likeness (QED) is 0.210. The van der Waals surface area contributed by atoms with Crippen LogP contribution in [0.3, 0.4) is 0 Å². The first-order valence-corrected chi connectivity index (χ1v) is 21.3. The van der Waals surface area contributed by atoms with E-state index in [1.807, 2.05) is 13.0 Å². The number of ether oxygens (including phenoxy) is 3. The van der Waals surface area contributed by atoms with Gasteiger partial charge in [0.15, 0.2) is 17.1 Å². The number of nitrogens with one attached hydrogen (secondary N) is 2. The van der Waals surface area contributed by atoms with Gasteiger partial charge in [0.25, 0.3) is 11.8 Å². The highest BCUT2D eigenvalue weighted by Crippen LogP contribution is 2.51. The number of hydrogen-bond donors (Lipinski definition) is 3. The second-order valence-electron chi connectivity index (χ2n) is 16.5. The van der Waals surface area contributed by atoms with Crippen LogP contribution in [0.25, 0.3) is 10.8 Å². The van der Waals surface area contributed by atoms with E-state index in [1.165, 1.54) is 26.5 Å². The average molecular weight is 834 g/mol. The molecule has 6 rings (SSSR count). The maximum absolute atomic E-state index is 17.6. The fourth-order valence-electron chi connectivity index (χ4n) is 8.45. The Kier molecular flexibility index (Phi) is 11.7. The van der Waals surface area contributed by atoms with Crippen molar-refractivity contribution in [1.29, 1.82) is 0 Å². The van der Waals surface area contributed by atoms with E-state index in [2.05, 4.69) is 15.0 Å². The summed E-state index contributed by atoms with van der Waals surface area (Å²) in [5, 5.41) is 13.1.